The van der Waals surface area contributed by atoms with Gasteiger partial charge in [-0.3, -0.25) is 24.4 Å². The molecule has 0 spiro atoms. The lowest BCUT2D eigenvalue weighted by Gasteiger charge is -2.40. The third-order valence-corrected chi connectivity index (χ3v) is 45.9. The third kappa shape index (κ3) is 38.7. The highest BCUT2D eigenvalue weighted by Crippen LogP contribution is 2.46. The summed E-state index contributed by atoms with van der Waals surface area (Å²) in [6.07, 6.45) is 19.4. The second kappa shape index (κ2) is 58.4. The minimum atomic E-state index is -2.09. The van der Waals surface area contributed by atoms with Crippen LogP contribution in [0.25, 0.3) is 0 Å². The summed E-state index contributed by atoms with van der Waals surface area (Å²) in [4.78, 5) is 92.3. The number of hydrogen-bond acceptors (Lipinski definition) is 28. The van der Waals surface area contributed by atoms with Crippen LogP contribution >= 0.6 is 0 Å². The molecule has 6 heterocycles. The number of anilines is 3. The summed E-state index contributed by atoms with van der Waals surface area (Å²) in [6.45, 7) is 36.9. The number of carbonyl (C=O) groups excluding carboxylic acids is 2. The molecule has 3 aromatic rings. The number of nitrogens with one attached hydrogen (secondary N) is 3. The largest absolute Gasteiger partial charge is 0.409 e. The molecule has 0 radical (unpaired) electrons. The van der Waals surface area contributed by atoms with Crippen molar-refractivity contribution < 1.29 is 62.9 Å². The second-order valence-electron chi connectivity index (χ2n) is 29.3. The maximum absolute atomic E-state index is 12.9. The summed E-state index contributed by atoms with van der Waals surface area (Å²) in [6, 6.07) is 4.53. The number of aromatic nitrogens is 6. The number of ether oxygens (including phenoxy) is 3. The Morgan fingerprint density at radius 2 is 0.855 bits per heavy atom. The zero-order chi connectivity index (χ0) is 83.0. The zero-order valence-corrected chi connectivity index (χ0v) is 79.3. The van der Waals surface area contributed by atoms with Gasteiger partial charge in [-0.25, -0.2) is 34.9 Å². The third-order valence-electron chi connectivity index (χ3n) is 19.2. The quantitative estimate of drug-likeness (QED) is 0.0124. The van der Waals surface area contributed by atoms with Gasteiger partial charge < -0.3 is 48.1 Å². The summed E-state index contributed by atoms with van der Waals surface area (Å²) in [5.74, 6) is -0.135. The lowest BCUT2D eigenvalue weighted by Crippen LogP contribution is -2.47. The van der Waals surface area contributed by atoms with Crippen molar-refractivity contribution >= 4 is 171 Å². The van der Waals surface area contributed by atoms with Gasteiger partial charge in [0.25, 0.3) is 0 Å². The normalized spacial score (nSPS) is 21.2. The van der Waals surface area contributed by atoms with E-state index in [0.717, 1.165) is 62.4 Å². The van der Waals surface area contributed by atoms with Gasteiger partial charge in [-0.15, -0.1) is 0 Å². The van der Waals surface area contributed by atoms with Gasteiger partial charge in [0.05, 0.1) is 37.6 Å². The second-order valence-corrected chi connectivity index (χ2v) is 54.7. The van der Waals surface area contributed by atoms with Crippen molar-refractivity contribution in [3.05, 3.63) is 73.1 Å². The van der Waals surface area contributed by atoms with Crippen LogP contribution in [-0.4, -0.2) is 134 Å². The fourth-order valence-electron chi connectivity index (χ4n) is 10.8. The zero-order valence-electron chi connectivity index (χ0n) is 66.7. The van der Waals surface area contributed by atoms with Crippen LogP contribution in [0.2, 0.25) is 36.3 Å². The molecule has 0 amide bonds. The number of hydrogen-bond donors (Lipinski definition) is 7. The van der Waals surface area contributed by atoms with Crippen LogP contribution in [0.3, 0.4) is 0 Å². The van der Waals surface area contributed by atoms with Gasteiger partial charge in [0.2, 0.25) is 0 Å². The van der Waals surface area contributed by atoms with Crippen LogP contribution in [0.1, 0.15) is 244 Å². The predicted octanol–water partition coefficient (Wildman–Crippen LogP) is 12.7. The molecule has 6 rings (SSSR count). The highest BCUT2D eigenvalue weighted by molar-refractivity contribution is 8.74. The molecular formula is C68H122N10O17S13Si2. The Morgan fingerprint density at radius 1 is 0.527 bits per heavy atom. The van der Waals surface area contributed by atoms with Crippen molar-refractivity contribution in [2.45, 2.75) is 323 Å². The monoisotopic (exact) mass is 1820 g/mol. The molecule has 632 valence electrons. The van der Waals surface area contributed by atoms with Gasteiger partial charge in [-0.2, -0.15) is 19.9 Å². The number of unbranched alkanes of at least 4 members (excludes halogenated alkanes) is 14. The summed E-state index contributed by atoms with van der Waals surface area (Å²) in [5.41, 5.74) is 5.04. The number of nitrogens with zero attached hydrogens (tertiary/aromatic N) is 7. The Morgan fingerprint density at radius 3 is 1.17 bits per heavy atom. The molecule has 3 unspecified atom stereocenters. The van der Waals surface area contributed by atoms with Crippen molar-refractivity contribution in [1.29, 1.82) is 0 Å². The summed E-state index contributed by atoms with van der Waals surface area (Å²) >= 11 is 16.7. The fourth-order valence-corrected chi connectivity index (χ4v) is 32.8. The van der Waals surface area contributed by atoms with Crippen molar-refractivity contribution in [3.8, 4) is 0 Å². The van der Waals surface area contributed by atoms with Crippen molar-refractivity contribution in [2.24, 2.45) is 17.0 Å². The van der Waals surface area contributed by atoms with Gasteiger partial charge >= 0.3 is 29.0 Å². The number of rotatable bonds is 35. The minimum absolute atomic E-state index is 0.00222. The molecule has 0 aromatic carbocycles. The smallest absolute Gasteiger partial charge is 0.351 e. The van der Waals surface area contributed by atoms with E-state index < -0.39 is 83.3 Å². The maximum Gasteiger partial charge on any atom is 0.351 e. The van der Waals surface area contributed by atoms with E-state index in [2.05, 4.69) is 192 Å². The Bertz CT molecular complexity index is 3770. The van der Waals surface area contributed by atoms with E-state index in [1.807, 2.05) is 5.48 Å². The molecule has 3 aliphatic heterocycles. The van der Waals surface area contributed by atoms with E-state index in [9.17, 15) is 39.1 Å². The molecule has 7 N–H and O–H groups in total. The Balaban J connectivity index is 0.000000731. The van der Waals surface area contributed by atoms with Crippen molar-refractivity contribution in [2.75, 3.05) is 29.6 Å². The standard InChI is InChI=1S/C26H47N3O5Si.C18H29N3O7.C17H31N3O4Si.C7H15NO.S11.S2/c1-9-11-12-13-14-15-16-22(30)33-28-21-17-18-29(25(31)27-21)24-23(19(3)20(10-2)32-24)34-35(7,8)26(4,5)6;1-2-3-4-5-6-7-8-14(23)28-20-13-9-10-21(18(26)19-13)17-16(25)15(24)12(11-22)27-17;1-8-12-11(2)14(24-25(6,7)17(3,4)5)15(23-12)20-10-9-13(19-22)18-16(20)21;1-2-3-4-5-6-7-8-9;1-3-5-7-9-11-10-8-6-4-2;1-2/h17-20,23-24H,9-16H2,1-8H3,(H,27,28,31);9-10,12,15-17,22,24-25H,2-8,11H2,1H3,(H,19,20,26);9-12,14-15,22H,8H2,1-7H3,(H,18,19,21);2-7H2,1H3;;/t19-,20+,23?,24+;12-,15+,16?,17-;11-,12+,14?,15+;;;/m010.../s1. The molecule has 0 saturated carbocycles. The minimum Gasteiger partial charge on any atom is -0.409 e. The first-order valence-corrected chi connectivity index (χ1v) is 57.8. The van der Waals surface area contributed by atoms with Gasteiger partial charge in [-0.05, 0) is 74.4 Å². The molecule has 42 heteroatoms. The van der Waals surface area contributed by atoms with E-state index in [-0.39, 0.29) is 76.2 Å². The van der Waals surface area contributed by atoms with Crippen LogP contribution < -0.4 is 33.5 Å². The number of aliphatic hydroxyl groups excluding tert-OH is 3. The molecule has 3 aliphatic rings. The van der Waals surface area contributed by atoms with E-state index in [1.54, 1.807) is 80.6 Å². The summed E-state index contributed by atoms with van der Waals surface area (Å²) in [5, 5.41) is 40.7. The van der Waals surface area contributed by atoms with Gasteiger partial charge in [0.1, 0.15) is 18.3 Å². The van der Waals surface area contributed by atoms with Crippen LogP contribution in [0, 0.1) is 16.7 Å². The first-order chi connectivity index (χ1) is 52.2. The van der Waals surface area contributed by atoms with E-state index in [0.29, 0.717) is 13.0 Å². The summed E-state index contributed by atoms with van der Waals surface area (Å²) in [7, 11) is 10.4. The van der Waals surface area contributed by atoms with Gasteiger partial charge in [-0.1, -0.05) is 185 Å². The van der Waals surface area contributed by atoms with E-state index in [4.69, 9.17) is 43.1 Å². The number of carbonyl (C=O) groups is 2. The van der Waals surface area contributed by atoms with Crippen LogP contribution in [0.4, 0.5) is 17.5 Å². The average Bonchev–Trinajstić information content (AvgIpc) is 1.63. The van der Waals surface area contributed by atoms with Gasteiger partial charge in [0, 0.05) is 180 Å². The fraction of sp³-hybridized carbons (Fsp3) is 0.794. The number of nitroso groups, excluding NO2 is 1. The lowest BCUT2D eigenvalue weighted by molar-refractivity contribution is -0.141. The van der Waals surface area contributed by atoms with Crippen molar-refractivity contribution in [1.82, 2.24) is 28.7 Å². The Hall–Kier alpha value is -2.49. The average molecular weight is 1820 g/mol. The highest BCUT2D eigenvalue weighted by Gasteiger charge is 2.51. The summed E-state index contributed by atoms with van der Waals surface area (Å²) < 4.78 is 35.1. The molecule has 27 nitrogen and oxygen atoms in total. The number of aliphatic hydroxyl groups is 3. The van der Waals surface area contributed by atoms with E-state index in [1.165, 1.54) is 109 Å². The molecule has 0 bridgehead atoms. The molecular weight excluding hydrogens is 1700 g/mol. The molecule has 3 saturated heterocycles. The first kappa shape index (κ1) is 106. The molecule has 12 atom stereocenters. The van der Waals surface area contributed by atoms with Crippen LogP contribution in [-0.2, 0) is 167 Å². The van der Waals surface area contributed by atoms with Crippen molar-refractivity contribution in [3.63, 3.8) is 0 Å². The first-order valence-electron chi connectivity index (χ1n) is 37.3. The Labute approximate surface area is 698 Å². The highest BCUT2D eigenvalue weighted by atomic mass is 33.4. The maximum atomic E-state index is 12.9. The lowest BCUT2D eigenvalue weighted by atomic mass is 9.99. The Kier molecular flexibility index (Phi) is 56.0. The van der Waals surface area contributed by atoms with Crippen LogP contribution in [0.15, 0.2) is 56.4 Å². The SMILES string of the molecule is CCCCCCCCC(=O)ONc1ccn([C@@H]2O[C@H](CC)[C@H](C)C2O[Si](C)(C)C(C)(C)C)c(=O)n1.CCCCCCCCC(=O)ONc1ccn([C@@H]2O[C@H](CO)[C@H](O)C2O)c(=O)n1.CCCCCCCN=O.CC[C@H]1O[C@@H](n2ccc(NO)nc2=O)C(O[Si](C)(C)C(C)(C)C)[C@H]1C.S=S.S=S=S=S=S=S=S=S=S=S=S. The molecule has 3 fully saturated rings. The van der Waals surface area contributed by atoms with Gasteiger partial charge in [0.15, 0.2) is 52.8 Å². The molecule has 3 aromatic heterocycles. The molecule has 110 heavy (non-hydrogen) atoms. The van der Waals surface area contributed by atoms with Crippen LogP contribution in [0.5, 0.6) is 0 Å². The van der Waals surface area contributed by atoms with E-state index >= 15 is 0 Å². The predicted molar refractivity (Wildman–Crippen MR) is 475 cm³/mol. The molecule has 0 aliphatic carbocycles. The topological polar surface area (TPSA) is 350 Å².